The zero-order valence-corrected chi connectivity index (χ0v) is 11.8. The van der Waals surface area contributed by atoms with Crippen LogP contribution in [-0.4, -0.2) is 31.1 Å². The summed E-state index contributed by atoms with van der Waals surface area (Å²) in [6.07, 6.45) is -4.65. The average molecular weight is 302 g/mol. The van der Waals surface area contributed by atoms with Crippen molar-refractivity contribution in [3.8, 4) is 0 Å². The van der Waals surface area contributed by atoms with Crippen molar-refractivity contribution in [2.24, 2.45) is 0 Å². The summed E-state index contributed by atoms with van der Waals surface area (Å²) < 4.78 is 35.7. The van der Waals surface area contributed by atoms with Gasteiger partial charge < -0.3 is 10.6 Å². The fourth-order valence-electron chi connectivity index (χ4n) is 1.58. The van der Waals surface area contributed by atoms with Crippen molar-refractivity contribution in [3.63, 3.8) is 0 Å². The van der Waals surface area contributed by atoms with Crippen molar-refractivity contribution >= 4 is 11.8 Å². The van der Waals surface area contributed by atoms with Gasteiger partial charge in [0.15, 0.2) is 0 Å². The second-order valence-corrected chi connectivity index (χ2v) is 4.66. The van der Waals surface area contributed by atoms with Gasteiger partial charge in [-0.3, -0.25) is 9.59 Å². The van der Waals surface area contributed by atoms with Crippen LogP contribution in [0.15, 0.2) is 18.2 Å². The molecule has 0 aromatic heterocycles. The Morgan fingerprint density at radius 3 is 2.24 bits per heavy atom. The van der Waals surface area contributed by atoms with E-state index >= 15 is 0 Å². The molecule has 116 valence electrons. The fraction of sp³-hybridized carbons (Fsp3) is 0.429. The van der Waals surface area contributed by atoms with Gasteiger partial charge in [0.25, 0.3) is 5.91 Å². The summed E-state index contributed by atoms with van der Waals surface area (Å²) >= 11 is 0. The molecule has 0 aliphatic heterocycles. The van der Waals surface area contributed by atoms with E-state index in [2.05, 4.69) is 5.32 Å². The molecule has 0 saturated heterocycles. The number of rotatable bonds is 5. The Hall–Kier alpha value is -2.05. The van der Waals surface area contributed by atoms with Crippen LogP contribution in [0.5, 0.6) is 0 Å². The molecular formula is C14H17F3N2O2. The zero-order valence-electron chi connectivity index (χ0n) is 11.8. The topological polar surface area (TPSA) is 58.2 Å². The van der Waals surface area contributed by atoms with Crippen LogP contribution in [0, 0.1) is 13.8 Å². The Labute approximate surface area is 120 Å². The van der Waals surface area contributed by atoms with E-state index in [0.29, 0.717) is 5.56 Å². The molecule has 4 nitrogen and oxygen atoms in total. The first kappa shape index (κ1) is 17.0. The van der Waals surface area contributed by atoms with Crippen LogP contribution >= 0.6 is 0 Å². The minimum absolute atomic E-state index is 0.147. The third-order valence-corrected chi connectivity index (χ3v) is 2.95. The molecule has 2 N–H and O–H groups in total. The number of halogens is 3. The van der Waals surface area contributed by atoms with Crippen molar-refractivity contribution in [2.45, 2.75) is 26.4 Å². The normalized spacial score (nSPS) is 11.1. The van der Waals surface area contributed by atoms with Gasteiger partial charge in [-0.15, -0.1) is 0 Å². The average Bonchev–Trinajstić information content (AvgIpc) is 2.39. The Kier molecular flexibility index (Phi) is 5.75. The second-order valence-electron chi connectivity index (χ2n) is 4.66. The maximum absolute atomic E-state index is 11.9. The Morgan fingerprint density at radius 1 is 1.05 bits per heavy atom. The number of carbonyl (C=O) groups is 2. The number of aryl methyl sites for hydroxylation is 2. The smallest absolute Gasteiger partial charge is 0.352 e. The molecule has 0 bridgehead atoms. The van der Waals surface area contributed by atoms with E-state index in [0.717, 1.165) is 11.1 Å². The van der Waals surface area contributed by atoms with Crippen LogP contribution in [0.1, 0.15) is 27.9 Å². The van der Waals surface area contributed by atoms with Gasteiger partial charge in [0.2, 0.25) is 0 Å². The number of carbonyl (C=O) groups excluding carboxylic acids is 2. The largest absolute Gasteiger partial charge is 0.471 e. The van der Waals surface area contributed by atoms with E-state index in [1.54, 1.807) is 17.4 Å². The lowest BCUT2D eigenvalue weighted by atomic mass is 10.1. The van der Waals surface area contributed by atoms with Gasteiger partial charge in [-0.25, -0.2) is 0 Å². The number of alkyl halides is 3. The van der Waals surface area contributed by atoms with Crippen molar-refractivity contribution in [1.29, 1.82) is 0 Å². The number of hydrogen-bond acceptors (Lipinski definition) is 2. The quantitative estimate of drug-likeness (QED) is 0.818. The number of hydrogen-bond donors (Lipinski definition) is 2. The highest BCUT2D eigenvalue weighted by molar-refractivity contribution is 5.94. The van der Waals surface area contributed by atoms with Gasteiger partial charge in [-0.1, -0.05) is 6.07 Å². The Bertz CT molecular complexity index is 527. The Balaban J connectivity index is 2.31. The molecule has 7 heteroatoms. The van der Waals surface area contributed by atoms with E-state index in [1.165, 1.54) is 0 Å². The molecule has 0 saturated carbocycles. The first-order valence-electron chi connectivity index (χ1n) is 6.42. The minimum Gasteiger partial charge on any atom is -0.352 e. The lowest BCUT2D eigenvalue weighted by Crippen LogP contribution is -2.38. The Morgan fingerprint density at radius 2 is 1.67 bits per heavy atom. The lowest BCUT2D eigenvalue weighted by Gasteiger charge is -2.09. The van der Waals surface area contributed by atoms with E-state index in [4.69, 9.17) is 0 Å². The molecule has 1 aromatic rings. The minimum atomic E-state index is -4.87. The molecule has 1 rings (SSSR count). The monoisotopic (exact) mass is 302 g/mol. The summed E-state index contributed by atoms with van der Waals surface area (Å²) in [5.74, 6) is -2.26. The molecule has 0 heterocycles. The summed E-state index contributed by atoms with van der Waals surface area (Å²) in [6.45, 7) is 3.86. The van der Waals surface area contributed by atoms with Gasteiger partial charge in [0.05, 0.1) is 0 Å². The SMILES string of the molecule is Cc1ccc(C(=O)NCCCNC(=O)C(F)(F)F)cc1C. The summed E-state index contributed by atoms with van der Waals surface area (Å²) in [5, 5.41) is 4.32. The predicted molar refractivity (Wildman–Crippen MR) is 71.9 cm³/mol. The van der Waals surface area contributed by atoms with Gasteiger partial charge in [0.1, 0.15) is 0 Å². The summed E-state index contributed by atoms with van der Waals surface area (Å²) in [6, 6.07) is 5.26. The molecule has 0 atom stereocenters. The van der Waals surface area contributed by atoms with E-state index < -0.39 is 12.1 Å². The van der Waals surface area contributed by atoms with Crippen LogP contribution in [0.2, 0.25) is 0 Å². The van der Waals surface area contributed by atoms with Crippen molar-refractivity contribution in [1.82, 2.24) is 10.6 Å². The third-order valence-electron chi connectivity index (χ3n) is 2.95. The van der Waals surface area contributed by atoms with Gasteiger partial charge in [-0.05, 0) is 43.5 Å². The second kappa shape index (κ2) is 7.10. The molecule has 0 unspecified atom stereocenters. The standard InChI is InChI=1S/C14H17F3N2O2/c1-9-4-5-11(8-10(9)2)12(20)18-6-3-7-19-13(21)14(15,16)17/h4-5,8H,3,6-7H2,1-2H3,(H,18,20)(H,19,21). The van der Waals surface area contributed by atoms with Gasteiger partial charge >= 0.3 is 12.1 Å². The number of benzene rings is 1. The molecule has 2 amide bonds. The first-order chi connectivity index (χ1) is 9.71. The number of amides is 2. The van der Waals surface area contributed by atoms with E-state index in [-0.39, 0.29) is 25.4 Å². The van der Waals surface area contributed by atoms with Crippen molar-refractivity contribution in [2.75, 3.05) is 13.1 Å². The molecule has 0 radical (unpaired) electrons. The highest BCUT2D eigenvalue weighted by Gasteiger charge is 2.38. The summed E-state index contributed by atoms with van der Waals surface area (Å²) in [5.41, 5.74) is 2.55. The van der Waals surface area contributed by atoms with Crippen LogP contribution < -0.4 is 10.6 Å². The van der Waals surface area contributed by atoms with Crippen molar-refractivity contribution in [3.05, 3.63) is 34.9 Å². The maximum Gasteiger partial charge on any atom is 0.471 e. The first-order valence-corrected chi connectivity index (χ1v) is 6.42. The highest BCUT2D eigenvalue weighted by Crippen LogP contribution is 2.13. The van der Waals surface area contributed by atoms with E-state index in [9.17, 15) is 22.8 Å². The zero-order chi connectivity index (χ0) is 16.0. The van der Waals surface area contributed by atoms with Crippen LogP contribution in [0.4, 0.5) is 13.2 Å². The van der Waals surface area contributed by atoms with Crippen molar-refractivity contribution < 1.29 is 22.8 Å². The summed E-state index contributed by atoms with van der Waals surface area (Å²) in [7, 11) is 0. The van der Waals surface area contributed by atoms with Gasteiger partial charge in [0, 0.05) is 18.7 Å². The molecular weight excluding hydrogens is 285 g/mol. The van der Waals surface area contributed by atoms with Crippen LogP contribution in [0.3, 0.4) is 0 Å². The molecule has 1 aromatic carbocycles. The number of nitrogens with one attached hydrogen (secondary N) is 2. The third kappa shape index (κ3) is 5.45. The fourth-order valence-corrected chi connectivity index (χ4v) is 1.58. The lowest BCUT2D eigenvalue weighted by molar-refractivity contribution is -0.173. The molecule has 21 heavy (non-hydrogen) atoms. The molecule has 0 aliphatic rings. The van der Waals surface area contributed by atoms with E-state index in [1.807, 2.05) is 19.9 Å². The maximum atomic E-state index is 11.9. The van der Waals surface area contributed by atoms with Gasteiger partial charge in [-0.2, -0.15) is 13.2 Å². The molecule has 0 aliphatic carbocycles. The van der Waals surface area contributed by atoms with Crippen LogP contribution in [-0.2, 0) is 4.79 Å². The molecule has 0 spiro atoms. The predicted octanol–water partition coefficient (Wildman–Crippen LogP) is 2.10. The summed E-state index contributed by atoms with van der Waals surface area (Å²) in [4.78, 5) is 22.3. The highest BCUT2D eigenvalue weighted by atomic mass is 19.4. The van der Waals surface area contributed by atoms with Crippen LogP contribution in [0.25, 0.3) is 0 Å². The molecule has 0 fully saturated rings.